The van der Waals surface area contributed by atoms with Gasteiger partial charge in [0.2, 0.25) is 0 Å². The van der Waals surface area contributed by atoms with E-state index in [-0.39, 0.29) is 6.54 Å². The normalized spacial score (nSPS) is 14.2. The number of carbonyl (C=O) groups excluding carboxylic acids is 1. The van der Waals surface area contributed by atoms with Gasteiger partial charge in [0.05, 0.1) is 12.4 Å². The molecule has 0 heterocycles. The zero-order valence-electron chi connectivity index (χ0n) is 10.9. The van der Waals surface area contributed by atoms with Crippen LogP contribution in [0.1, 0.15) is 34.1 Å². The Morgan fingerprint density at radius 1 is 1.35 bits per heavy atom. The Hall–Kier alpha value is -0.820. The van der Waals surface area contributed by atoms with Crippen LogP contribution in [0.3, 0.4) is 0 Å². The Morgan fingerprint density at radius 2 is 1.88 bits per heavy atom. The van der Waals surface area contributed by atoms with Gasteiger partial charge in [0.1, 0.15) is 5.60 Å². The summed E-state index contributed by atoms with van der Waals surface area (Å²) in [5.74, 6) is 0. The van der Waals surface area contributed by atoms with Gasteiger partial charge >= 0.3 is 6.09 Å². The van der Waals surface area contributed by atoms with Crippen molar-refractivity contribution in [1.29, 1.82) is 0 Å². The fourth-order valence-electron chi connectivity index (χ4n) is 1.00. The second-order valence-corrected chi connectivity index (χ2v) is 6.31. The van der Waals surface area contributed by atoms with E-state index in [1.807, 2.05) is 0 Å². The average molecular weight is 267 g/mol. The van der Waals surface area contributed by atoms with Gasteiger partial charge in [0.15, 0.2) is 0 Å². The molecule has 0 saturated heterocycles. The lowest BCUT2D eigenvalue weighted by molar-refractivity contribution is 0.0501. The van der Waals surface area contributed by atoms with E-state index in [9.17, 15) is 13.2 Å². The van der Waals surface area contributed by atoms with Crippen LogP contribution in [0.15, 0.2) is 0 Å². The highest BCUT2D eigenvalue weighted by Gasteiger charge is 2.18. The van der Waals surface area contributed by atoms with Gasteiger partial charge in [-0.05, 0) is 27.2 Å². The van der Waals surface area contributed by atoms with Crippen LogP contribution >= 0.6 is 0 Å². The Labute approximate surface area is 103 Å². The van der Waals surface area contributed by atoms with Crippen molar-refractivity contribution >= 4 is 16.2 Å². The summed E-state index contributed by atoms with van der Waals surface area (Å²) in [7, 11) is -3.51. The molecule has 6 nitrogen and oxygen atoms in total. The molecule has 17 heavy (non-hydrogen) atoms. The highest BCUT2D eigenvalue weighted by Crippen LogP contribution is 2.07. The molecule has 1 amide bonds. The lowest BCUT2D eigenvalue weighted by atomic mass is 10.2. The molecular formula is C10H21NO5S. The van der Waals surface area contributed by atoms with E-state index in [4.69, 9.17) is 8.92 Å². The molecule has 7 heteroatoms. The smallest absolute Gasteiger partial charge is 0.407 e. The van der Waals surface area contributed by atoms with E-state index in [0.717, 1.165) is 6.26 Å². The average Bonchev–Trinajstić information content (AvgIpc) is 2.07. The molecule has 0 aliphatic rings. The van der Waals surface area contributed by atoms with Gasteiger partial charge in [0.25, 0.3) is 10.1 Å². The Morgan fingerprint density at radius 3 is 2.24 bits per heavy atom. The van der Waals surface area contributed by atoms with E-state index in [0.29, 0.717) is 6.42 Å². The second-order valence-electron chi connectivity index (χ2n) is 4.71. The summed E-state index contributed by atoms with van der Waals surface area (Å²) in [6, 6.07) is 0. The molecule has 1 unspecified atom stereocenters. The van der Waals surface area contributed by atoms with Crippen LogP contribution in [0, 0.1) is 0 Å². The third kappa shape index (κ3) is 10.1. The fourth-order valence-corrected chi connectivity index (χ4v) is 1.70. The maximum atomic E-state index is 11.3. The Kier molecular flexibility index (Phi) is 5.91. The van der Waals surface area contributed by atoms with Crippen molar-refractivity contribution in [3.63, 3.8) is 0 Å². The summed E-state index contributed by atoms with van der Waals surface area (Å²) in [6.07, 6.45) is 0.289. The number of carbonyl (C=O) groups is 1. The monoisotopic (exact) mass is 267 g/mol. The highest BCUT2D eigenvalue weighted by molar-refractivity contribution is 7.86. The van der Waals surface area contributed by atoms with Crippen LogP contribution in [0.5, 0.6) is 0 Å². The van der Waals surface area contributed by atoms with E-state index in [1.54, 1.807) is 27.7 Å². The summed E-state index contributed by atoms with van der Waals surface area (Å²) in [4.78, 5) is 11.3. The molecule has 0 spiro atoms. The molecule has 0 aromatic carbocycles. The minimum Gasteiger partial charge on any atom is -0.444 e. The second kappa shape index (κ2) is 6.20. The molecular weight excluding hydrogens is 246 g/mol. The number of hydrogen-bond donors (Lipinski definition) is 1. The van der Waals surface area contributed by atoms with Crippen molar-refractivity contribution in [2.75, 3.05) is 12.8 Å². The van der Waals surface area contributed by atoms with Crippen molar-refractivity contribution in [2.45, 2.75) is 45.8 Å². The van der Waals surface area contributed by atoms with Crippen LogP contribution in [0.2, 0.25) is 0 Å². The van der Waals surface area contributed by atoms with Crippen LogP contribution in [0.25, 0.3) is 0 Å². The third-order valence-electron chi connectivity index (χ3n) is 1.64. The predicted octanol–water partition coefficient (Wildman–Crippen LogP) is 1.27. The van der Waals surface area contributed by atoms with Crippen molar-refractivity contribution in [2.24, 2.45) is 0 Å². The van der Waals surface area contributed by atoms with E-state index in [1.165, 1.54) is 0 Å². The van der Waals surface area contributed by atoms with Crippen LogP contribution in [0.4, 0.5) is 4.79 Å². The molecule has 0 aliphatic carbocycles. The molecule has 0 rings (SSSR count). The minimum atomic E-state index is -3.51. The summed E-state index contributed by atoms with van der Waals surface area (Å²) >= 11 is 0. The van der Waals surface area contributed by atoms with Crippen molar-refractivity contribution in [1.82, 2.24) is 5.32 Å². The molecule has 0 aromatic heterocycles. The minimum absolute atomic E-state index is 0.0957. The Bertz CT molecular complexity index is 344. The van der Waals surface area contributed by atoms with Gasteiger partial charge in [-0.2, -0.15) is 8.42 Å². The molecule has 0 saturated carbocycles. The molecule has 102 valence electrons. The lowest BCUT2D eigenvalue weighted by Crippen LogP contribution is -2.38. The first-order chi connectivity index (χ1) is 7.53. The summed E-state index contributed by atoms with van der Waals surface area (Å²) < 4.78 is 31.6. The van der Waals surface area contributed by atoms with Crippen molar-refractivity contribution in [3.05, 3.63) is 0 Å². The number of nitrogens with one attached hydrogen (secondary N) is 1. The first-order valence-corrected chi connectivity index (χ1v) is 7.20. The number of amides is 1. The molecule has 0 bridgehead atoms. The van der Waals surface area contributed by atoms with Crippen LogP contribution in [-0.4, -0.2) is 39.0 Å². The topological polar surface area (TPSA) is 81.7 Å². The van der Waals surface area contributed by atoms with E-state index in [2.05, 4.69) is 5.32 Å². The maximum absolute atomic E-state index is 11.3. The molecule has 1 atom stereocenters. The van der Waals surface area contributed by atoms with Gasteiger partial charge in [-0.15, -0.1) is 0 Å². The third-order valence-corrected chi connectivity index (χ3v) is 2.26. The van der Waals surface area contributed by atoms with Gasteiger partial charge in [-0.3, -0.25) is 4.18 Å². The summed E-state index contributed by atoms with van der Waals surface area (Å²) in [5.41, 5.74) is -0.580. The standard InChI is InChI=1S/C10H21NO5S/c1-6-8(16-17(5,13)14)7-11-9(12)15-10(2,3)4/h8H,6-7H2,1-5H3,(H,11,12). The fraction of sp³-hybridized carbons (Fsp3) is 0.900. The molecule has 0 radical (unpaired) electrons. The van der Waals surface area contributed by atoms with Gasteiger partial charge in [0, 0.05) is 6.54 Å². The zero-order chi connectivity index (χ0) is 13.7. The van der Waals surface area contributed by atoms with Crippen LogP contribution in [-0.2, 0) is 19.0 Å². The molecule has 0 aliphatic heterocycles. The highest BCUT2D eigenvalue weighted by atomic mass is 32.2. The maximum Gasteiger partial charge on any atom is 0.407 e. The number of hydrogen-bond acceptors (Lipinski definition) is 5. The SMILES string of the molecule is CCC(CNC(=O)OC(C)(C)C)OS(C)(=O)=O. The zero-order valence-corrected chi connectivity index (χ0v) is 11.8. The predicted molar refractivity (Wildman–Crippen MR) is 64.2 cm³/mol. The number of alkyl carbamates (subject to hydrolysis) is 1. The molecule has 0 fully saturated rings. The first-order valence-electron chi connectivity index (χ1n) is 5.38. The first kappa shape index (κ1) is 16.2. The molecule has 0 aromatic rings. The van der Waals surface area contributed by atoms with E-state index >= 15 is 0 Å². The Balaban J connectivity index is 4.12. The summed E-state index contributed by atoms with van der Waals surface area (Å²) in [5, 5.41) is 2.46. The molecule has 1 N–H and O–H groups in total. The number of rotatable bonds is 5. The van der Waals surface area contributed by atoms with Crippen molar-refractivity contribution in [3.8, 4) is 0 Å². The van der Waals surface area contributed by atoms with Gasteiger partial charge in [-0.1, -0.05) is 6.92 Å². The van der Waals surface area contributed by atoms with E-state index < -0.39 is 27.9 Å². The quantitative estimate of drug-likeness (QED) is 0.758. The largest absolute Gasteiger partial charge is 0.444 e. The lowest BCUT2D eigenvalue weighted by Gasteiger charge is -2.21. The van der Waals surface area contributed by atoms with Gasteiger partial charge in [-0.25, -0.2) is 4.79 Å². The van der Waals surface area contributed by atoms with Crippen LogP contribution < -0.4 is 5.32 Å². The summed E-state index contributed by atoms with van der Waals surface area (Å²) in [6.45, 7) is 7.11. The number of ether oxygens (including phenoxy) is 1. The van der Waals surface area contributed by atoms with Gasteiger partial charge < -0.3 is 10.1 Å². The van der Waals surface area contributed by atoms with Crippen molar-refractivity contribution < 1.29 is 22.1 Å².